The number of carbonyl (C=O) groups is 2. The Morgan fingerprint density at radius 3 is 2.21 bits per heavy atom. The van der Waals surface area contributed by atoms with Crippen LogP contribution >= 0.6 is 0 Å². The molecule has 100 valence electrons. The van der Waals surface area contributed by atoms with Gasteiger partial charge in [0.1, 0.15) is 11.6 Å². The van der Waals surface area contributed by atoms with Gasteiger partial charge in [0.25, 0.3) is 0 Å². The van der Waals surface area contributed by atoms with E-state index in [-0.39, 0.29) is 17.0 Å². The molecule has 0 amide bonds. The molecule has 3 heteroatoms. The SMILES string of the molecule is Cc1cc2c(cn1)CC1(C2)C(=O)CC(C)(C)CC1=O. The van der Waals surface area contributed by atoms with Crippen LogP contribution in [0.15, 0.2) is 12.3 Å². The molecular weight excluding hydrogens is 238 g/mol. The third kappa shape index (κ3) is 1.83. The molecule has 2 aliphatic rings. The lowest BCUT2D eigenvalue weighted by Gasteiger charge is -2.38. The summed E-state index contributed by atoms with van der Waals surface area (Å²) in [4.78, 5) is 29.4. The Morgan fingerprint density at radius 2 is 1.58 bits per heavy atom. The molecule has 0 saturated heterocycles. The van der Waals surface area contributed by atoms with Crippen molar-refractivity contribution in [2.24, 2.45) is 10.8 Å². The number of pyridine rings is 1. The van der Waals surface area contributed by atoms with Gasteiger partial charge in [-0.05, 0) is 42.4 Å². The molecule has 0 aromatic carbocycles. The molecule has 0 aliphatic heterocycles. The van der Waals surface area contributed by atoms with Gasteiger partial charge in [0.05, 0.1) is 5.41 Å². The number of nitrogens with zero attached hydrogens (tertiary/aromatic N) is 1. The van der Waals surface area contributed by atoms with Crippen molar-refractivity contribution in [1.29, 1.82) is 0 Å². The normalized spacial score (nSPS) is 23.7. The predicted octanol–water partition coefficient (Wildman–Crippen LogP) is 2.43. The van der Waals surface area contributed by atoms with Crippen LogP contribution in [0.4, 0.5) is 0 Å². The fourth-order valence-electron chi connectivity index (χ4n) is 3.50. The summed E-state index contributed by atoms with van der Waals surface area (Å²) in [5.41, 5.74) is 2.21. The predicted molar refractivity (Wildman–Crippen MR) is 71.8 cm³/mol. The third-order valence-corrected chi connectivity index (χ3v) is 4.55. The largest absolute Gasteiger partial charge is 0.299 e. The van der Waals surface area contributed by atoms with Crippen molar-refractivity contribution in [3.63, 3.8) is 0 Å². The topological polar surface area (TPSA) is 47.0 Å². The van der Waals surface area contributed by atoms with Crippen LogP contribution in [0, 0.1) is 17.8 Å². The lowest BCUT2D eigenvalue weighted by atomic mass is 9.62. The van der Waals surface area contributed by atoms with Gasteiger partial charge in [-0.3, -0.25) is 14.6 Å². The van der Waals surface area contributed by atoms with E-state index in [0.717, 1.165) is 16.8 Å². The molecule has 2 aliphatic carbocycles. The Labute approximate surface area is 113 Å². The number of rotatable bonds is 0. The second-order valence-electron chi connectivity index (χ2n) is 6.89. The van der Waals surface area contributed by atoms with E-state index in [1.165, 1.54) is 0 Å². The van der Waals surface area contributed by atoms with Crippen molar-refractivity contribution in [2.45, 2.75) is 46.5 Å². The van der Waals surface area contributed by atoms with E-state index in [4.69, 9.17) is 0 Å². The van der Waals surface area contributed by atoms with Gasteiger partial charge in [-0.15, -0.1) is 0 Å². The minimum atomic E-state index is -0.771. The highest BCUT2D eigenvalue weighted by Crippen LogP contribution is 2.47. The Balaban J connectivity index is 1.99. The minimum Gasteiger partial charge on any atom is -0.299 e. The Morgan fingerprint density at radius 1 is 1.00 bits per heavy atom. The van der Waals surface area contributed by atoms with Crippen LogP contribution in [-0.4, -0.2) is 16.6 Å². The molecule has 1 heterocycles. The zero-order valence-corrected chi connectivity index (χ0v) is 11.7. The second-order valence-corrected chi connectivity index (χ2v) is 6.89. The standard InChI is InChI=1S/C16H19NO2/c1-10-4-11-5-16(6-12(11)9-17-10)13(18)7-15(2,3)8-14(16)19/h4,9H,5-8H2,1-3H3. The smallest absolute Gasteiger partial charge is 0.147 e. The quantitative estimate of drug-likeness (QED) is 0.671. The monoisotopic (exact) mass is 257 g/mol. The molecule has 1 spiro atoms. The maximum atomic E-state index is 12.6. The van der Waals surface area contributed by atoms with Gasteiger partial charge in [-0.2, -0.15) is 0 Å². The number of ketones is 2. The first-order valence-electron chi connectivity index (χ1n) is 6.83. The highest BCUT2D eigenvalue weighted by Gasteiger charge is 2.54. The molecule has 19 heavy (non-hydrogen) atoms. The first-order valence-corrected chi connectivity index (χ1v) is 6.83. The van der Waals surface area contributed by atoms with E-state index in [2.05, 4.69) is 4.98 Å². The van der Waals surface area contributed by atoms with Crippen LogP contribution in [0.5, 0.6) is 0 Å². The molecule has 1 aromatic heterocycles. The number of aromatic nitrogens is 1. The summed E-state index contributed by atoms with van der Waals surface area (Å²) in [5, 5.41) is 0. The molecule has 0 radical (unpaired) electrons. The van der Waals surface area contributed by atoms with Crippen molar-refractivity contribution in [3.8, 4) is 0 Å². The van der Waals surface area contributed by atoms with Gasteiger partial charge >= 0.3 is 0 Å². The first-order chi connectivity index (χ1) is 8.82. The van der Waals surface area contributed by atoms with Crippen LogP contribution in [0.25, 0.3) is 0 Å². The van der Waals surface area contributed by atoms with Crippen molar-refractivity contribution < 1.29 is 9.59 Å². The second kappa shape index (κ2) is 3.75. The average molecular weight is 257 g/mol. The van der Waals surface area contributed by atoms with Gasteiger partial charge in [0.2, 0.25) is 0 Å². The zero-order chi connectivity index (χ0) is 13.8. The maximum Gasteiger partial charge on any atom is 0.147 e. The number of carbonyl (C=O) groups excluding carboxylic acids is 2. The van der Waals surface area contributed by atoms with Crippen molar-refractivity contribution >= 4 is 11.6 Å². The molecule has 0 N–H and O–H groups in total. The number of Topliss-reactive ketones (excluding diaryl/α,β-unsaturated/α-hetero) is 2. The first kappa shape index (κ1) is 12.5. The summed E-state index contributed by atoms with van der Waals surface area (Å²) in [6, 6.07) is 2.02. The summed E-state index contributed by atoms with van der Waals surface area (Å²) in [6.45, 7) is 5.95. The molecule has 1 fully saturated rings. The van der Waals surface area contributed by atoms with Gasteiger partial charge in [0, 0.05) is 24.7 Å². The van der Waals surface area contributed by atoms with Crippen LogP contribution in [-0.2, 0) is 22.4 Å². The van der Waals surface area contributed by atoms with Crippen LogP contribution in [0.3, 0.4) is 0 Å². The fraction of sp³-hybridized carbons (Fsp3) is 0.562. The van der Waals surface area contributed by atoms with E-state index in [0.29, 0.717) is 25.7 Å². The number of hydrogen-bond donors (Lipinski definition) is 0. The highest BCUT2D eigenvalue weighted by molar-refractivity contribution is 6.10. The molecular formula is C16H19NO2. The van der Waals surface area contributed by atoms with E-state index < -0.39 is 5.41 Å². The molecule has 3 rings (SSSR count). The molecule has 0 unspecified atom stereocenters. The van der Waals surface area contributed by atoms with E-state index in [1.807, 2.05) is 33.0 Å². The summed E-state index contributed by atoms with van der Waals surface area (Å²) in [7, 11) is 0. The van der Waals surface area contributed by atoms with E-state index in [1.54, 1.807) is 0 Å². The summed E-state index contributed by atoms with van der Waals surface area (Å²) in [6.07, 6.45) is 4.00. The fourth-order valence-corrected chi connectivity index (χ4v) is 3.50. The van der Waals surface area contributed by atoms with Gasteiger partial charge < -0.3 is 0 Å². The number of aryl methyl sites for hydroxylation is 1. The molecule has 3 nitrogen and oxygen atoms in total. The van der Waals surface area contributed by atoms with Crippen molar-refractivity contribution in [3.05, 3.63) is 29.1 Å². The molecule has 0 atom stereocenters. The van der Waals surface area contributed by atoms with Crippen LogP contribution in [0.1, 0.15) is 43.5 Å². The molecule has 0 bridgehead atoms. The van der Waals surface area contributed by atoms with Crippen LogP contribution in [0.2, 0.25) is 0 Å². The lowest BCUT2D eigenvalue weighted by Crippen LogP contribution is -2.48. The lowest BCUT2D eigenvalue weighted by molar-refractivity contribution is -0.147. The molecule has 1 aromatic rings. The summed E-state index contributed by atoms with van der Waals surface area (Å²) in [5.74, 6) is 0.255. The van der Waals surface area contributed by atoms with Gasteiger partial charge in [-0.25, -0.2) is 0 Å². The van der Waals surface area contributed by atoms with Gasteiger partial charge in [-0.1, -0.05) is 13.8 Å². The Bertz CT molecular complexity index is 566. The van der Waals surface area contributed by atoms with E-state index in [9.17, 15) is 9.59 Å². The maximum absolute atomic E-state index is 12.6. The number of hydrogen-bond acceptors (Lipinski definition) is 3. The third-order valence-electron chi connectivity index (χ3n) is 4.55. The van der Waals surface area contributed by atoms with E-state index >= 15 is 0 Å². The van der Waals surface area contributed by atoms with Gasteiger partial charge in [0.15, 0.2) is 0 Å². The molecule has 1 saturated carbocycles. The minimum absolute atomic E-state index is 0.127. The van der Waals surface area contributed by atoms with Crippen LogP contribution < -0.4 is 0 Å². The summed E-state index contributed by atoms with van der Waals surface area (Å²) < 4.78 is 0. The van der Waals surface area contributed by atoms with Crippen molar-refractivity contribution in [1.82, 2.24) is 4.98 Å². The average Bonchev–Trinajstić information content (AvgIpc) is 2.65. The Kier molecular flexibility index (Phi) is 2.47. The summed E-state index contributed by atoms with van der Waals surface area (Å²) >= 11 is 0. The number of fused-ring (bicyclic) bond motifs is 1. The Hall–Kier alpha value is -1.51. The highest BCUT2D eigenvalue weighted by atomic mass is 16.2. The van der Waals surface area contributed by atoms with Crippen molar-refractivity contribution in [2.75, 3.05) is 0 Å². The zero-order valence-electron chi connectivity index (χ0n) is 11.7.